The Balaban J connectivity index is 2.78. The summed E-state index contributed by atoms with van der Waals surface area (Å²) in [7, 11) is 1.73. The smallest absolute Gasteiger partial charge is 0.147 e. The van der Waals surface area contributed by atoms with Crippen LogP contribution in [0.1, 0.15) is 39.3 Å². The van der Waals surface area contributed by atoms with E-state index in [2.05, 4.69) is 41.0 Å². The van der Waals surface area contributed by atoms with Crippen LogP contribution in [-0.4, -0.2) is 42.8 Å². The first-order valence-corrected chi connectivity index (χ1v) is 7.53. The second kappa shape index (κ2) is 9.66. The second-order valence-electron chi connectivity index (χ2n) is 4.80. The van der Waals surface area contributed by atoms with Crippen molar-refractivity contribution in [2.24, 2.45) is 0 Å². The molecule has 0 atom stereocenters. The zero-order valence-corrected chi connectivity index (χ0v) is 13.2. The van der Waals surface area contributed by atoms with Gasteiger partial charge in [-0.2, -0.15) is 0 Å². The van der Waals surface area contributed by atoms with Gasteiger partial charge in [0, 0.05) is 26.2 Å². The van der Waals surface area contributed by atoms with Gasteiger partial charge in [0.1, 0.15) is 5.82 Å². The van der Waals surface area contributed by atoms with Crippen LogP contribution < -0.4 is 10.2 Å². The quantitative estimate of drug-likeness (QED) is 0.712. The maximum absolute atomic E-state index is 5.21. The van der Waals surface area contributed by atoms with Crippen molar-refractivity contribution in [1.82, 2.24) is 15.3 Å². The molecule has 5 heteroatoms. The molecule has 0 aliphatic heterocycles. The van der Waals surface area contributed by atoms with E-state index in [4.69, 9.17) is 4.74 Å². The largest absolute Gasteiger partial charge is 0.383 e. The van der Waals surface area contributed by atoms with Gasteiger partial charge in [0.05, 0.1) is 24.7 Å². The van der Waals surface area contributed by atoms with E-state index in [1.165, 1.54) is 0 Å². The fourth-order valence-electron chi connectivity index (χ4n) is 2.24. The molecule has 0 saturated carbocycles. The summed E-state index contributed by atoms with van der Waals surface area (Å²) in [6.07, 6.45) is 5.93. The SMILES string of the molecule is CCNCc1cnc(N(CCOC)C(CC)CC)cn1. The van der Waals surface area contributed by atoms with E-state index >= 15 is 0 Å². The molecule has 0 aromatic carbocycles. The Labute approximate surface area is 122 Å². The lowest BCUT2D eigenvalue weighted by Crippen LogP contribution is -2.37. The Kier molecular flexibility index (Phi) is 8.14. The lowest BCUT2D eigenvalue weighted by atomic mass is 10.1. The molecule has 1 aromatic rings. The molecular weight excluding hydrogens is 252 g/mol. The first-order chi connectivity index (χ1) is 9.76. The summed E-state index contributed by atoms with van der Waals surface area (Å²) in [6, 6.07) is 0.485. The normalized spacial score (nSPS) is 11.1. The maximum Gasteiger partial charge on any atom is 0.147 e. The fraction of sp³-hybridized carbons (Fsp3) is 0.733. The van der Waals surface area contributed by atoms with Crippen LogP contribution in [0, 0.1) is 0 Å². The van der Waals surface area contributed by atoms with Crippen LogP contribution in [0.25, 0.3) is 0 Å². The molecule has 5 nitrogen and oxygen atoms in total. The molecule has 0 radical (unpaired) electrons. The molecule has 0 unspecified atom stereocenters. The lowest BCUT2D eigenvalue weighted by Gasteiger charge is -2.31. The van der Waals surface area contributed by atoms with Crippen LogP contribution in [0.5, 0.6) is 0 Å². The van der Waals surface area contributed by atoms with Crippen LogP contribution in [0.4, 0.5) is 5.82 Å². The average Bonchev–Trinajstić information content (AvgIpc) is 2.50. The minimum absolute atomic E-state index is 0.485. The van der Waals surface area contributed by atoms with Crippen molar-refractivity contribution in [1.29, 1.82) is 0 Å². The zero-order chi connectivity index (χ0) is 14.8. The van der Waals surface area contributed by atoms with Crippen molar-refractivity contribution >= 4 is 5.82 Å². The number of rotatable bonds is 10. The molecule has 1 rings (SSSR count). The van der Waals surface area contributed by atoms with Crippen LogP contribution in [0.15, 0.2) is 12.4 Å². The van der Waals surface area contributed by atoms with Gasteiger partial charge in [-0.25, -0.2) is 4.98 Å². The van der Waals surface area contributed by atoms with Crippen LogP contribution >= 0.6 is 0 Å². The molecule has 0 aliphatic carbocycles. The van der Waals surface area contributed by atoms with Gasteiger partial charge in [-0.3, -0.25) is 4.98 Å². The Hall–Kier alpha value is -1.20. The highest BCUT2D eigenvalue weighted by molar-refractivity contribution is 5.37. The van der Waals surface area contributed by atoms with E-state index in [-0.39, 0.29) is 0 Å². The Morgan fingerprint density at radius 3 is 2.45 bits per heavy atom. The van der Waals surface area contributed by atoms with Crippen LogP contribution in [0.3, 0.4) is 0 Å². The zero-order valence-electron chi connectivity index (χ0n) is 13.2. The Morgan fingerprint density at radius 2 is 1.95 bits per heavy atom. The first kappa shape index (κ1) is 16.9. The number of ether oxygens (including phenoxy) is 1. The third-order valence-corrected chi connectivity index (χ3v) is 3.46. The topological polar surface area (TPSA) is 50.3 Å². The molecule has 114 valence electrons. The molecule has 1 heterocycles. The van der Waals surface area contributed by atoms with Crippen LogP contribution in [-0.2, 0) is 11.3 Å². The van der Waals surface area contributed by atoms with Crippen molar-refractivity contribution in [3.63, 3.8) is 0 Å². The predicted molar refractivity (Wildman–Crippen MR) is 83.0 cm³/mol. The lowest BCUT2D eigenvalue weighted by molar-refractivity contribution is 0.202. The summed E-state index contributed by atoms with van der Waals surface area (Å²) in [5.74, 6) is 0.941. The van der Waals surface area contributed by atoms with Gasteiger partial charge in [-0.05, 0) is 19.4 Å². The molecule has 0 saturated heterocycles. The van der Waals surface area contributed by atoms with E-state index in [9.17, 15) is 0 Å². The van der Waals surface area contributed by atoms with Gasteiger partial charge in [0.15, 0.2) is 0 Å². The van der Waals surface area contributed by atoms with Crippen LogP contribution in [0.2, 0.25) is 0 Å². The van der Waals surface area contributed by atoms with Gasteiger partial charge in [0.2, 0.25) is 0 Å². The van der Waals surface area contributed by atoms with Gasteiger partial charge in [-0.15, -0.1) is 0 Å². The summed E-state index contributed by atoms with van der Waals surface area (Å²) in [4.78, 5) is 11.4. The summed E-state index contributed by atoms with van der Waals surface area (Å²) in [5.41, 5.74) is 0.979. The molecule has 20 heavy (non-hydrogen) atoms. The minimum Gasteiger partial charge on any atom is -0.383 e. The number of anilines is 1. The van der Waals surface area contributed by atoms with Gasteiger partial charge in [0.25, 0.3) is 0 Å². The fourth-order valence-corrected chi connectivity index (χ4v) is 2.24. The highest BCUT2D eigenvalue weighted by Gasteiger charge is 2.16. The number of nitrogens with zero attached hydrogens (tertiary/aromatic N) is 3. The number of methoxy groups -OCH3 is 1. The standard InChI is InChI=1S/C15H28N4O/c1-5-14(6-2)19(8-9-20-4)15-12-17-13(11-18-15)10-16-7-3/h11-12,14,16H,5-10H2,1-4H3. The molecule has 0 spiro atoms. The monoisotopic (exact) mass is 280 g/mol. The molecule has 0 aliphatic rings. The van der Waals surface area contributed by atoms with E-state index < -0.39 is 0 Å². The minimum atomic E-state index is 0.485. The highest BCUT2D eigenvalue weighted by atomic mass is 16.5. The van der Waals surface area contributed by atoms with E-state index in [0.29, 0.717) is 12.6 Å². The molecule has 0 bridgehead atoms. The summed E-state index contributed by atoms with van der Waals surface area (Å²) >= 11 is 0. The van der Waals surface area contributed by atoms with Gasteiger partial charge >= 0.3 is 0 Å². The second-order valence-corrected chi connectivity index (χ2v) is 4.80. The highest BCUT2D eigenvalue weighted by Crippen LogP contribution is 2.17. The molecule has 0 amide bonds. The van der Waals surface area contributed by atoms with Crippen molar-refractivity contribution in [3.8, 4) is 0 Å². The summed E-state index contributed by atoms with van der Waals surface area (Å²) in [6.45, 7) is 9.77. The maximum atomic E-state index is 5.21. The van der Waals surface area contributed by atoms with E-state index in [0.717, 1.165) is 44.0 Å². The molecular formula is C15H28N4O. The number of hydrogen-bond donors (Lipinski definition) is 1. The third-order valence-electron chi connectivity index (χ3n) is 3.46. The Morgan fingerprint density at radius 1 is 1.20 bits per heavy atom. The summed E-state index contributed by atoms with van der Waals surface area (Å²) in [5, 5.41) is 3.26. The molecule has 1 aromatic heterocycles. The van der Waals surface area contributed by atoms with E-state index in [1.54, 1.807) is 7.11 Å². The number of hydrogen-bond acceptors (Lipinski definition) is 5. The summed E-state index contributed by atoms with van der Waals surface area (Å²) < 4.78 is 5.21. The average molecular weight is 280 g/mol. The molecule has 0 fully saturated rings. The third kappa shape index (κ3) is 5.06. The number of aromatic nitrogens is 2. The van der Waals surface area contributed by atoms with Crippen molar-refractivity contribution in [2.45, 2.75) is 46.2 Å². The Bertz CT molecular complexity index is 351. The van der Waals surface area contributed by atoms with Crippen molar-refractivity contribution < 1.29 is 4.74 Å². The predicted octanol–water partition coefficient (Wildman–Crippen LogP) is 2.23. The molecule has 1 N–H and O–H groups in total. The van der Waals surface area contributed by atoms with Crippen molar-refractivity contribution in [2.75, 3.05) is 31.7 Å². The van der Waals surface area contributed by atoms with E-state index in [1.807, 2.05) is 12.4 Å². The number of nitrogens with one attached hydrogen (secondary N) is 1. The first-order valence-electron chi connectivity index (χ1n) is 7.53. The van der Waals surface area contributed by atoms with Gasteiger partial charge < -0.3 is 15.0 Å². The van der Waals surface area contributed by atoms with Crippen molar-refractivity contribution in [3.05, 3.63) is 18.1 Å². The van der Waals surface area contributed by atoms with Gasteiger partial charge in [-0.1, -0.05) is 20.8 Å².